The molecule has 11 heavy (non-hydrogen) atoms. The molecule has 1 aliphatic carbocycles. The Morgan fingerprint density at radius 1 is 1.55 bits per heavy atom. The highest BCUT2D eigenvalue weighted by atomic mass is 15.3. The molecule has 0 saturated heterocycles. The minimum Gasteiger partial charge on any atom is -0.327 e. The lowest BCUT2D eigenvalue weighted by atomic mass is 9.77. The molecule has 2 rings (SSSR count). The third-order valence-electron chi connectivity index (χ3n) is 2.78. The van der Waals surface area contributed by atoms with Crippen molar-refractivity contribution in [2.75, 3.05) is 0 Å². The molecule has 2 aliphatic rings. The summed E-state index contributed by atoms with van der Waals surface area (Å²) in [6, 6.07) is 0.844. The number of fused-ring (bicyclic) bond motifs is 1. The molecule has 0 spiro atoms. The van der Waals surface area contributed by atoms with Crippen molar-refractivity contribution in [3.05, 3.63) is 0 Å². The summed E-state index contributed by atoms with van der Waals surface area (Å²) in [4.78, 5) is 0. The van der Waals surface area contributed by atoms with E-state index < -0.39 is 0 Å². The fourth-order valence-corrected chi connectivity index (χ4v) is 2.19. The zero-order valence-electron chi connectivity index (χ0n) is 6.83. The number of hydrogen-bond donors (Lipinski definition) is 2. The van der Waals surface area contributed by atoms with Crippen molar-refractivity contribution in [3.63, 3.8) is 0 Å². The van der Waals surface area contributed by atoms with E-state index in [0.29, 0.717) is 18.0 Å². The molecule has 0 radical (unpaired) electrons. The van der Waals surface area contributed by atoms with E-state index in [4.69, 9.17) is 5.73 Å². The van der Waals surface area contributed by atoms with Crippen molar-refractivity contribution in [2.45, 2.75) is 31.8 Å². The SMILES string of the molecule is CC1CC(N)C2C=NNC2C1. The van der Waals surface area contributed by atoms with Gasteiger partial charge in [-0.1, -0.05) is 6.92 Å². The molecule has 0 bridgehead atoms. The summed E-state index contributed by atoms with van der Waals surface area (Å²) < 4.78 is 0. The van der Waals surface area contributed by atoms with E-state index >= 15 is 0 Å². The average Bonchev–Trinajstić information content (AvgIpc) is 2.34. The van der Waals surface area contributed by atoms with Gasteiger partial charge in [0.25, 0.3) is 0 Å². The number of nitrogens with zero attached hydrogens (tertiary/aromatic N) is 1. The lowest BCUT2D eigenvalue weighted by molar-refractivity contribution is 0.253. The van der Waals surface area contributed by atoms with Crippen molar-refractivity contribution < 1.29 is 0 Å². The third kappa shape index (κ3) is 1.13. The van der Waals surface area contributed by atoms with Crippen LogP contribution in [0.25, 0.3) is 0 Å². The fourth-order valence-electron chi connectivity index (χ4n) is 2.19. The molecule has 3 N–H and O–H groups in total. The van der Waals surface area contributed by atoms with Gasteiger partial charge in [0.05, 0.1) is 6.04 Å². The maximum absolute atomic E-state index is 5.98. The van der Waals surface area contributed by atoms with Crippen LogP contribution in [-0.2, 0) is 0 Å². The Morgan fingerprint density at radius 2 is 2.36 bits per heavy atom. The Morgan fingerprint density at radius 3 is 3.18 bits per heavy atom. The van der Waals surface area contributed by atoms with Crippen LogP contribution in [0.1, 0.15) is 19.8 Å². The smallest absolute Gasteiger partial charge is 0.0535 e. The maximum atomic E-state index is 5.98. The maximum Gasteiger partial charge on any atom is 0.0535 e. The minimum absolute atomic E-state index is 0.322. The van der Waals surface area contributed by atoms with E-state index in [-0.39, 0.29) is 0 Å². The molecule has 4 unspecified atom stereocenters. The Labute approximate surface area is 67.0 Å². The molecule has 1 aliphatic heterocycles. The van der Waals surface area contributed by atoms with E-state index in [9.17, 15) is 0 Å². The Balaban J connectivity index is 2.08. The lowest BCUT2D eigenvalue weighted by Crippen LogP contribution is -2.46. The molecule has 1 heterocycles. The van der Waals surface area contributed by atoms with Crippen LogP contribution in [0.5, 0.6) is 0 Å². The molecule has 4 atom stereocenters. The van der Waals surface area contributed by atoms with Crippen molar-refractivity contribution in [3.8, 4) is 0 Å². The predicted molar refractivity (Wildman–Crippen MR) is 45.3 cm³/mol. The summed E-state index contributed by atoms with van der Waals surface area (Å²) in [5.41, 5.74) is 9.09. The standard InChI is InChI=1S/C8H15N3/c1-5-2-7(9)6-4-10-11-8(6)3-5/h4-8,11H,2-3,9H2,1H3. The van der Waals surface area contributed by atoms with Crippen molar-refractivity contribution in [1.29, 1.82) is 0 Å². The molecular weight excluding hydrogens is 138 g/mol. The van der Waals surface area contributed by atoms with E-state index in [1.165, 1.54) is 6.42 Å². The first-order valence-corrected chi connectivity index (χ1v) is 4.31. The Bertz CT molecular complexity index is 178. The lowest BCUT2D eigenvalue weighted by Gasteiger charge is -2.33. The van der Waals surface area contributed by atoms with Crippen molar-refractivity contribution in [1.82, 2.24) is 5.43 Å². The van der Waals surface area contributed by atoms with Gasteiger partial charge in [0.15, 0.2) is 0 Å². The van der Waals surface area contributed by atoms with Gasteiger partial charge in [-0.3, -0.25) is 0 Å². The molecule has 1 fully saturated rings. The molecule has 3 heteroatoms. The molecule has 1 saturated carbocycles. The zero-order chi connectivity index (χ0) is 7.84. The molecule has 3 nitrogen and oxygen atoms in total. The molecule has 62 valence electrons. The monoisotopic (exact) mass is 153 g/mol. The van der Waals surface area contributed by atoms with E-state index in [0.717, 1.165) is 12.3 Å². The molecule has 0 amide bonds. The normalized spacial score (nSPS) is 48.5. The first-order valence-electron chi connectivity index (χ1n) is 4.31. The quantitative estimate of drug-likeness (QED) is 0.526. The van der Waals surface area contributed by atoms with Gasteiger partial charge in [-0.15, -0.1) is 0 Å². The highest BCUT2D eigenvalue weighted by Crippen LogP contribution is 2.28. The van der Waals surface area contributed by atoms with Crippen molar-refractivity contribution >= 4 is 6.21 Å². The predicted octanol–water partition coefficient (Wildman–Crippen LogP) is 0.317. The van der Waals surface area contributed by atoms with Crippen LogP contribution in [-0.4, -0.2) is 18.3 Å². The first kappa shape index (κ1) is 7.10. The average molecular weight is 153 g/mol. The van der Waals surface area contributed by atoms with Crippen LogP contribution >= 0.6 is 0 Å². The van der Waals surface area contributed by atoms with Gasteiger partial charge in [-0.2, -0.15) is 5.10 Å². The summed E-state index contributed by atoms with van der Waals surface area (Å²) in [6.45, 7) is 2.26. The van der Waals surface area contributed by atoms with Crippen LogP contribution in [0.3, 0.4) is 0 Å². The van der Waals surface area contributed by atoms with Crippen LogP contribution in [0.2, 0.25) is 0 Å². The van der Waals surface area contributed by atoms with Gasteiger partial charge in [-0.05, 0) is 18.8 Å². The molecule has 0 aromatic carbocycles. The number of hydrogen-bond acceptors (Lipinski definition) is 3. The largest absolute Gasteiger partial charge is 0.327 e. The summed E-state index contributed by atoms with van der Waals surface area (Å²) >= 11 is 0. The number of nitrogens with two attached hydrogens (primary N) is 1. The number of rotatable bonds is 0. The molecule has 0 aromatic heterocycles. The van der Waals surface area contributed by atoms with E-state index in [1.54, 1.807) is 0 Å². The first-order chi connectivity index (χ1) is 5.27. The summed E-state index contributed by atoms with van der Waals surface area (Å²) in [6.07, 6.45) is 4.34. The zero-order valence-corrected chi connectivity index (χ0v) is 6.83. The Kier molecular flexibility index (Phi) is 1.60. The summed E-state index contributed by atoms with van der Waals surface area (Å²) in [5.74, 6) is 1.24. The fraction of sp³-hybridized carbons (Fsp3) is 0.875. The van der Waals surface area contributed by atoms with Crippen LogP contribution in [0.15, 0.2) is 5.10 Å². The number of nitrogens with one attached hydrogen (secondary N) is 1. The van der Waals surface area contributed by atoms with Gasteiger partial charge >= 0.3 is 0 Å². The van der Waals surface area contributed by atoms with Crippen molar-refractivity contribution in [2.24, 2.45) is 22.7 Å². The Hall–Kier alpha value is -0.570. The summed E-state index contributed by atoms with van der Waals surface area (Å²) in [7, 11) is 0. The second-order valence-corrected chi connectivity index (χ2v) is 3.83. The minimum atomic E-state index is 0.322. The van der Waals surface area contributed by atoms with Crippen LogP contribution in [0.4, 0.5) is 0 Å². The van der Waals surface area contributed by atoms with Gasteiger partial charge in [-0.25, -0.2) is 0 Å². The van der Waals surface area contributed by atoms with Gasteiger partial charge in [0.2, 0.25) is 0 Å². The van der Waals surface area contributed by atoms with Gasteiger partial charge in [0.1, 0.15) is 0 Å². The van der Waals surface area contributed by atoms with E-state index in [1.807, 2.05) is 6.21 Å². The van der Waals surface area contributed by atoms with Crippen LogP contribution < -0.4 is 11.2 Å². The topological polar surface area (TPSA) is 50.4 Å². The number of hydrazone groups is 1. The highest BCUT2D eigenvalue weighted by molar-refractivity contribution is 5.65. The van der Waals surface area contributed by atoms with Gasteiger partial charge < -0.3 is 11.2 Å². The summed E-state index contributed by atoms with van der Waals surface area (Å²) in [5, 5.41) is 4.06. The van der Waals surface area contributed by atoms with Crippen LogP contribution in [0, 0.1) is 11.8 Å². The highest BCUT2D eigenvalue weighted by Gasteiger charge is 2.35. The molecular formula is C8H15N3. The van der Waals surface area contributed by atoms with E-state index in [2.05, 4.69) is 17.5 Å². The third-order valence-corrected chi connectivity index (χ3v) is 2.78. The second kappa shape index (κ2) is 2.48. The molecule has 0 aromatic rings. The van der Waals surface area contributed by atoms with Gasteiger partial charge in [0, 0.05) is 18.2 Å². The second-order valence-electron chi connectivity index (χ2n) is 3.83.